The lowest BCUT2D eigenvalue weighted by Crippen LogP contribution is -2.24. The largest absolute Gasteiger partial charge is 0.326 e. The number of benzene rings is 1. The van der Waals surface area contributed by atoms with Crippen LogP contribution in [0, 0.1) is 0 Å². The van der Waals surface area contributed by atoms with Crippen molar-refractivity contribution in [3.63, 3.8) is 0 Å². The maximum Gasteiger partial charge on any atom is 0.221 e. The van der Waals surface area contributed by atoms with E-state index < -0.39 is 0 Å². The number of carbonyl (C=O) groups excluding carboxylic acids is 1. The quantitative estimate of drug-likeness (QED) is 0.861. The molecule has 0 radical (unpaired) electrons. The molecule has 0 saturated heterocycles. The Bertz CT molecular complexity index is 607. The summed E-state index contributed by atoms with van der Waals surface area (Å²) in [5.74, 6) is -0.0640. The van der Waals surface area contributed by atoms with Gasteiger partial charge in [-0.05, 0) is 12.1 Å². The second kappa shape index (κ2) is 7.33. The van der Waals surface area contributed by atoms with Crippen LogP contribution in [0.2, 0.25) is 0 Å². The second-order valence-corrected chi connectivity index (χ2v) is 6.19. The molecule has 0 aliphatic rings. The van der Waals surface area contributed by atoms with Gasteiger partial charge in [0.2, 0.25) is 5.91 Å². The molecule has 0 unspecified atom stereocenters. The van der Waals surface area contributed by atoms with E-state index in [0.717, 1.165) is 34.9 Å². The first-order valence-electron chi connectivity index (χ1n) is 7.10. The fourth-order valence-electron chi connectivity index (χ4n) is 1.99. The molecule has 0 aliphatic carbocycles. The van der Waals surface area contributed by atoms with Gasteiger partial charge in [0.05, 0.1) is 10.7 Å². The maximum absolute atomic E-state index is 11.1. The molecule has 1 aromatic heterocycles. The molecule has 1 aromatic carbocycles. The molecule has 0 bridgehead atoms. The van der Waals surface area contributed by atoms with Crippen molar-refractivity contribution in [1.29, 1.82) is 0 Å². The van der Waals surface area contributed by atoms with Crippen LogP contribution in [0.5, 0.6) is 0 Å². The normalized spacial score (nSPS) is 10.9. The van der Waals surface area contributed by atoms with Crippen molar-refractivity contribution in [1.82, 2.24) is 10.3 Å². The summed E-state index contributed by atoms with van der Waals surface area (Å²) in [6.07, 6.45) is 0.939. The number of amides is 1. The van der Waals surface area contributed by atoms with E-state index in [9.17, 15) is 4.79 Å². The van der Waals surface area contributed by atoms with Gasteiger partial charge in [0.25, 0.3) is 0 Å². The monoisotopic (exact) mass is 303 g/mol. The Kier molecular flexibility index (Phi) is 5.47. The minimum atomic E-state index is -0.0640. The number of aromatic nitrogens is 1. The summed E-state index contributed by atoms with van der Waals surface area (Å²) in [6.45, 7) is 6.73. The molecule has 0 saturated carbocycles. The molecular formula is C16H21N3OS. The van der Waals surface area contributed by atoms with E-state index in [1.165, 1.54) is 6.92 Å². The van der Waals surface area contributed by atoms with Crippen LogP contribution < -0.4 is 10.6 Å². The number of nitrogens with one attached hydrogen (secondary N) is 2. The van der Waals surface area contributed by atoms with Gasteiger partial charge in [-0.1, -0.05) is 26.0 Å². The number of rotatable bonds is 6. The maximum atomic E-state index is 11.1. The van der Waals surface area contributed by atoms with Crippen LogP contribution in [0.3, 0.4) is 0 Å². The van der Waals surface area contributed by atoms with E-state index in [1.54, 1.807) is 11.3 Å². The molecule has 21 heavy (non-hydrogen) atoms. The summed E-state index contributed by atoms with van der Waals surface area (Å²) in [4.78, 5) is 15.8. The summed E-state index contributed by atoms with van der Waals surface area (Å²) < 4.78 is 0. The zero-order valence-corrected chi connectivity index (χ0v) is 13.5. The molecule has 2 rings (SSSR count). The highest BCUT2D eigenvalue weighted by Crippen LogP contribution is 2.24. The lowest BCUT2D eigenvalue weighted by molar-refractivity contribution is -0.114. The minimum absolute atomic E-state index is 0.0640. The van der Waals surface area contributed by atoms with Gasteiger partial charge in [0, 0.05) is 42.6 Å². The number of hydrogen-bond donors (Lipinski definition) is 2. The number of hydrogen-bond acceptors (Lipinski definition) is 4. The third kappa shape index (κ3) is 4.95. The Hall–Kier alpha value is -1.72. The molecule has 5 heteroatoms. The Morgan fingerprint density at radius 1 is 1.38 bits per heavy atom. The summed E-state index contributed by atoms with van der Waals surface area (Å²) in [6, 6.07) is 8.27. The van der Waals surface area contributed by atoms with Crippen molar-refractivity contribution in [3.05, 3.63) is 34.7 Å². The van der Waals surface area contributed by atoms with Crippen molar-refractivity contribution < 1.29 is 4.79 Å². The number of carbonyl (C=O) groups is 1. The molecule has 2 N–H and O–H groups in total. The first kappa shape index (κ1) is 15.7. The molecule has 4 nitrogen and oxygen atoms in total. The summed E-state index contributed by atoms with van der Waals surface area (Å²) in [5.41, 5.74) is 2.79. The van der Waals surface area contributed by atoms with Crippen molar-refractivity contribution >= 4 is 22.9 Å². The summed E-state index contributed by atoms with van der Waals surface area (Å²) in [7, 11) is 0. The van der Waals surface area contributed by atoms with E-state index in [0.29, 0.717) is 6.04 Å². The molecule has 0 spiro atoms. The molecule has 0 atom stereocenters. The smallest absolute Gasteiger partial charge is 0.221 e. The highest BCUT2D eigenvalue weighted by Gasteiger charge is 2.06. The van der Waals surface area contributed by atoms with Gasteiger partial charge in [-0.2, -0.15) is 0 Å². The Labute approximate surface area is 129 Å². The van der Waals surface area contributed by atoms with Gasteiger partial charge in [-0.15, -0.1) is 11.3 Å². The van der Waals surface area contributed by atoms with Gasteiger partial charge in [0.1, 0.15) is 0 Å². The van der Waals surface area contributed by atoms with Crippen LogP contribution in [0.15, 0.2) is 29.6 Å². The fourth-order valence-corrected chi connectivity index (χ4v) is 2.79. The standard InChI is InChI=1S/C16H21N3OS/c1-11(2)17-8-7-16-19-15(10-21-16)13-5-4-6-14(9-13)18-12(3)20/h4-6,9-11,17H,7-8H2,1-3H3,(H,18,20). The highest BCUT2D eigenvalue weighted by molar-refractivity contribution is 7.09. The lowest BCUT2D eigenvalue weighted by Gasteiger charge is -2.05. The van der Waals surface area contributed by atoms with Gasteiger partial charge in [0.15, 0.2) is 0 Å². The molecular weight excluding hydrogens is 282 g/mol. The molecule has 2 aromatic rings. The molecule has 0 aliphatic heterocycles. The third-order valence-electron chi connectivity index (χ3n) is 2.92. The lowest BCUT2D eigenvalue weighted by atomic mass is 10.1. The molecule has 1 heterocycles. The van der Waals surface area contributed by atoms with Crippen molar-refractivity contribution in [3.8, 4) is 11.3 Å². The van der Waals surface area contributed by atoms with Crippen LogP contribution in [0.25, 0.3) is 11.3 Å². The molecule has 112 valence electrons. The van der Waals surface area contributed by atoms with Crippen molar-refractivity contribution in [2.45, 2.75) is 33.2 Å². The van der Waals surface area contributed by atoms with E-state index in [-0.39, 0.29) is 5.91 Å². The Morgan fingerprint density at radius 3 is 2.90 bits per heavy atom. The Balaban J connectivity index is 2.05. The van der Waals surface area contributed by atoms with Gasteiger partial charge in [-0.25, -0.2) is 4.98 Å². The van der Waals surface area contributed by atoms with E-state index in [4.69, 9.17) is 0 Å². The van der Waals surface area contributed by atoms with Gasteiger partial charge in [-0.3, -0.25) is 4.79 Å². The third-order valence-corrected chi connectivity index (χ3v) is 3.83. The second-order valence-electron chi connectivity index (χ2n) is 5.25. The number of anilines is 1. The van der Waals surface area contributed by atoms with Crippen LogP contribution >= 0.6 is 11.3 Å². The summed E-state index contributed by atoms with van der Waals surface area (Å²) >= 11 is 1.68. The first-order valence-corrected chi connectivity index (χ1v) is 7.98. The number of thiazole rings is 1. The SMILES string of the molecule is CC(=O)Nc1cccc(-c2csc(CCNC(C)C)n2)c1. The minimum Gasteiger partial charge on any atom is -0.326 e. The highest BCUT2D eigenvalue weighted by atomic mass is 32.1. The Morgan fingerprint density at radius 2 is 2.19 bits per heavy atom. The van der Waals surface area contributed by atoms with Crippen LogP contribution in [-0.4, -0.2) is 23.5 Å². The average Bonchev–Trinajstić information content (AvgIpc) is 2.86. The van der Waals surface area contributed by atoms with Crippen molar-refractivity contribution in [2.75, 3.05) is 11.9 Å². The van der Waals surface area contributed by atoms with Crippen LogP contribution in [0.1, 0.15) is 25.8 Å². The molecule has 0 fully saturated rings. The van der Waals surface area contributed by atoms with Crippen LogP contribution in [-0.2, 0) is 11.2 Å². The predicted octanol–water partition coefficient (Wildman–Crippen LogP) is 3.31. The topological polar surface area (TPSA) is 54.0 Å². The van der Waals surface area contributed by atoms with Crippen molar-refractivity contribution in [2.24, 2.45) is 0 Å². The van der Waals surface area contributed by atoms with E-state index in [1.807, 2.05) is 24.3 Å². The fraction of sp³-hybridized carbons (Fsp3) is 0.375. The molecule has 1 amide bonds. The van der Waals surface area contributed by atoms with E-state index in [2.05, 4.69) is 34.8 Å². The zero-order valence-electron chi connectivity index (χ0n) is 12.6. The zero-order chi connectivity index (χ0) is 15.2. The number of nitrogens with zero attached hydrogens (tertiary/aromatic N) is 1. The first-order chi connectivity index (χ1) is 10.0. The van der Waals surface area contributed by atoms with E-state index >= 15 is 0 Å². The van der Waals surface area contributed by atoms with Gasteiger partial charge >= 0.3 is 0 Å². The average molecular weight is 303 g/mol. The summed E-state index contributed by atoms with van der Waals surface area (Å²) in [5, 5.41) is 9.38. The predicted molar refractivity (Wildman–Crippen MR) is 88.7 cm³/mol. The van der Waals surface area contributed by atoms with Crippen LogP contribution in [0.4, 0.5) is 5.69 Å². The van der Waals surface area contributed by atoms with Gasteiger partial charge < -0.3 is 10.6 Å².